The molecule has 0 aliphatic heterocycles. The first kappa shape index (κ1) is 24.9. The number of hydrogen-bond donors (Lipinski definition) is 6. The van der Waals surface area contributed by atoms with Crippen LogP contribution in [-0.2, 0) is 0 Å². The van der Waals surface area contributed by atoms with Crippen molar-refractivity contribution < 1.29 is 15.3 Å². The molecule has 4 atom stereocenters. The van der Waals surface area contributed by atoms with Gasteiger partial charge >= 0.3 is 0 Å². The number of H-pyrrole nitrogens is 1. The third kappa shape index (κ3) is 4.65. The minimum absolute atomic E-state index is 0. The van der Waals surface area contributed by atoms with Crippen molar-refractivity contribution in [3.8, 4) is 10.6 Å². The molecule has 6 N–H and O–H groups in total. The topological polar surface area (TPSA) is 143 Å². The Labute approximate surface area is 207 Å². The van der Waals surface area contributed by atoms with E-state index in [1.54, 1.807) is 13.8 Å². The predicted molar refractivity (Wildman–Crippen MR) is 136 cm³/mol. The summed E-state index contributed by atoms with van der Waals surface area (Å²) in [5.41, 5.74) is -0.410. The number of halogens is 1. The largest absolute Gasteiger partial charge is 0.390 e. The summed E-state index contributed by atoms with van der Waals surface area (Å²) in [5.74, 6) is 0.141. The molecule has 2 aliphatic rings. The van der Waals surface area contributed by atoms with Crippen molar-refractivity contribution in [1.29, 1.82) is 0 Å². The summed E-state index contributed by atoms with van der Waals surface area (Å²) in [6.45, 7) is 3.24. The highest BCUT2D eigenvalue weighted by Crippen LogP contribution is 2.38. The lowest BCUT2D eigenvalue weighted by Gasteiger charge is -2.28. The second-order valence-electron chi connectivity index (χ2n) is 9.62. The van der Waals surface area contributed by atoms with Gasteiger partial charge in [-0.2, -0.15) is 4.98 Å². The van der Waals surface area contributed by atoms with Crippen LogP contribution in [0.5, 0.6) is 0 Å². The molecule has 0 radical (unpaired) electrons. The molecule has 0 amide bonds. The van der Waals surface area contributed by atoms with Crippen LogP contribution in [0, 0.1) is 5.92 Å². The van der Waals surface area contributed by atoms with Gasteiger partial charge in [0.25, 0.3) is 5.56 Å². The smallest absolute Gasteiger partial charge is 0.264 e. The quantitative estimate of drug-likeness (QED) is 0.299. The molecular formula is C23H30ClN5O4S. The number of thiazole rings is 1. The van der Waals surface area contributed by atoms with Crippen molar-refractivity contribution in [3.63, 3.8) is 0 Å². The van der Waals surface area contributed by atoms with Crippen LogP contribution in [0.2, 0.25) is 0 Å². The molecular weight excluding hydrogens is 478 g/mol. The summed E-state index contributed by atoms with van der Waals surface area (Å²) in [5, 5.41) is 38.6. The van der Waals surface area contributed by atoms with Crippen LogP contribution < -0.4 is 16.2 Å². The number of rotatable bonds is 6. The maximum absolute atomic E-state index is 13.2. The first-order valence-electron chi connectivity index (χ1n) is 11.3. The minimum atomic E-state index is -1.16. The molecule has 2 aromatic heterocycles. The van der Waals surface area contributed by atoms with E-state index >= 15 is 0 Å². The van der Waals surface area contributed by atoms with E-state index in [4.69, 9.17) is 0 Å². The average Bonchev–Trinajstić information content (AvgIpc) is 3.26. The first-order chi connectivity index (χ1) is 15.7. The average molecular weight is 508 g/mol. The molecule has 184 valence electrons. The van der Waals surface area contributed by atoms with Crippen LogP contribution in [-0.4, -0.2) is 60.2 Å². The number of benzene rings is 1. The first-order valence-corrected chi connectivity index (χ1v) is 12.1. The number of hydrogen-bond acceptors (Lipinski definition) is 9. The minimum Gasteiger partial charge on any atom is -0.390 e. The Kier molecular flexibility index (Phi) is 6.90. The van der Waals surface area contributed by atoms with Crippen LogP contribution in [0.15, 0.2) is 29.1 Å². The molecule has 0 unspecified atom stereocenters. The number of nitrogens with one attached hydrogen (secondary N) is 3. The molecule has 5 rings (SSSR count). The number of aliphatic hydroxyl groups is 3. The van der Waals surface area contributed by atoms with Gasteiger partial charge < -0.3 is 26.0 Å². The zero-order valence-corrected chi connectivity index (χ0v) is 20.6. The highest BCUT2D eigenvalue weighted by atomic mass is 35.5. The van der Waals surface area contributed by atoms with Crippen molar-refractivity contribution in [2.75, 3.05) is 10.6 Å². The molecule has 2 saturated carbocycles. The second kappa shape index (κ2) is 9.43. The number of aliphatic hydroxyl groups excluding tert-OH is 2. The van der Waals surface area contributed by atoms with E-state index in [0.29, 0.717) is 28.8 Å². The molecule has 2 fully saturated rings. The normalized spacial score (nSPS) is 25.1. The molecule has 2 aliphatic carbocycles. The van der Waals surface area contributed by atoms with E-state index in [2.05, 4.69) is 25.6 Å². The van der Waals surface area contributed by atoms with Crippen LogP contribution in [0.1, 0.15) is 39.5 Å². The molecule has 34 heavy (non-hydrogen) atoms. The summed E-state index contributed by atoms with van der Waals surface area (Å²) >= 11 is 1.39. The highest BCUT2D eigenvalue weighted by Gasteiger charge is 2.48. The van der Waals surface area contributed by atoms with Crippen molar-refractivity contribution >= 4 is 45.7 Å². The molecule has 11 heteroatoms. The Morgan fingerprint density at radius 3 is 2.47 bits per heavy atom. The number of anilines is 2. The van der Waals surface area contributed by atoms with E-state index in [-0.39, 0.29) is 24.0 Å². The van der Waals surface area contributed by atoms with Crippen LogP contribution in [0.4, 0.5) is 11.8 Å². The lowest BCUT2D eigenvalue weighted by Crippen LogP contribution is -2.40. The van der Waals surface area contributed by atoms with E-state index < -0.39 is 29.8 Å². The summed E-state index contributed by atoms with van der Waals surface area (Å²) in [6, 6.07) is 7.34. The monoisotopic (exact) mass is 507 g/mol. The molecule has 9 nitrogen and oxygen atoms in total. The fourth-order valence-electron chi connectivity index (χ4n) is 4.62. The number of aromatic nitrogens is 3. The lowest BCUT2D eigenvalue weighted by molar-refractivity contribution is -0.0601. The standard InChI is InChI=1S/C23H29N5O4S.ClH/c1-23(2,32)12-10-14(18(30)17(12)29)25-19-16(21-26-13-8-3-4-9-15(13)33-21)20(31)28-22(27-19)24-11-6-5-7-11;/h3-4,8-9,11-12,14,17-18,29-30,32H,5-7,10H2,1-2H3,(H3,24,25,27,28,31);1H/t12-,14+,17+,18-;/m0./s1. The zero-order valence-electron chi connectivity index (χ0n) is 19.0. The Bertz CT molecular complexity index is 1190. The van der Waals surface area contributed by atoms with Gasteiger partial charge in [-0.1, -0.05) is 12.1 Å². The molecule has 1 aromatic carbocycles. The fraction of sp³-hybridized carbons (Fsp3) is 0.522. The van der Waals surface area contributed by atoms with Crippen LogP contribution in [0.3, 0.4) is 0 Å². The van der Waals surface area contributed by atoms with Gasteiger partial charge in [-0.3, -0.25) is 9.78 Å². The van der Waals surface area contributed by atoms with Crippen LogP contribution in [0.25, 0.3) is 20.8 Å². The molecule has 0 saturated heterocycles. The van der Waals surface area contributed by atoms with Gasteiger partial charge in [0.2, 0.25) is 5.95 Å². The molecule has 0 bridgehead atoms. The number of fused-ring (bicyclic) bond motifs is 1. The van der Waals surface area contributed by atoms with E-state index in [0.717, 1.165) is 29.5 Å². The van der Waals surface area contributed by atoms with Crippen molar-refractivity contribution in [2.45, 2.75) is 69.4 Å². The zero-order chi connectivity index (χ0) is 23.3. The van der Waals surface area contributed by atoms with Crippen LogP contribution >= 0.6 is 23.7 Å². The third-order valence-corrected chi connectivity index (χ3v) is 7.84. The summed E-state index contributed by atoms with van der Waals surface area (Å²) in [7, 11) is 0. The number of nitrogens with zero attached hydrogens (tertiary/aromatic N) is 2. The molecule has 0 spiro atoms. The van der Waals surface area contributed by atoms with Gasteiger partial charge in [-0.25, -0.2) is 4.98 Å². The lowest BCUT2D eigenvalue weighted by atomic mass is 9.88. The number of aromatic amines is 1. The van der Waals surface area contributed by atoms with Crippen molar-refractivity contribution in [1.82, 2.24) is 15.0 Å². The summed E-state index contributed by atoms with van der Waals surface area (Å²) in [6.07, 6.45) is 1.29. The molecule has 2 heterocycles. The highest BCUT2D eigenvalue weighted by molar-refractivity contribution is 7.21. The van der Waals surface area contributed by atoms with E-state index in [1.165, 1.54) is 11.3 Å². The van der Waals surface area contributed by atoms with Gasteiger partial charge in [0.1, 0.15) is 22.5 Å². The van der Waals surface area contributed by atoms with Gasteiger partial charge in [-0.05, 0) is 51.7 Å². The SMILES string of the molecule is CC(C)(O)[C@H]1C[C@@H](Nc2nc(NC3CCC3)[nH]c(=O)c2-c2nc3ccccc3s2)[C@H](O)[C@@H]1O.Cl. The molecule has 3 aromatic rings. The Hall–Kier alpha value is -2.24. The number of para-hydroxylation sites is 1. The Morgan fingerprint density at radius 1 is 1.12 bits per heavy atom. The van der Waals surface area contributed by atoms with Gasteiger partial charge in [0, 0.05) is 12.0 Å². The maximum atomic E-state index is 13.2. The third-order valence-electron chi connectivity index (χ3n) is 6.78. The van der Waals surface area contributed by atoms with Crippen molar-refractivity contribution in [3.05, 3.63) is 34.6 Å². The van der Waals surface area contributed by atoms with Gasteiger partial charge in [0.05, 0.1) is 28.0 Å². The summed E-state index contributed by atoms with van der Waals surface area (Å²) < 4.78 is 0.952. The van der Waals surface area contributed by atoms with E-state index in [9.17, 15) is 20.1 Å². The second-order valence-corrected chi connectivity index (χ2v) is 10.7. The predicted octanol–water partition coefficient (Wildman–Crippen LogP) is 2.73. The van der Waals surface area contributed by atoms with Gasteiger partial charge in [0.15, 0.2) is 0 Å². The van der Waals surface area contributed by atoms with Gasteiger partial charge in [-0.15, -0.1) is 23.7 Å². The Morgan fingerprint density at radius 2 is 1.85 bits per heavy atom. The fourth-order valence-corrected chi connectivity index (χ4v) is 5.63. The van der Waals surface area contributed by atoms with Crippen molar-refractivity contribution in [2.24, 2.45) is 5.92 Å². The maximum Gasteiger partial charge on any atom is 0.264 e. The Balaban J connectivity index is 0.00000274. The van der Waals surface area contributed by atoms with E-state index in [1.807, 2.05) is 24.3 Å². The summed E-state index contributed by atoms with van der Waals surface area (Å²) in [4.78, 5) is 25.3.